The minimum absolute atomic E-state index is 0.139. The summed E-state index contributed by atoms with van der Waals surface area (Å²) in [7, 11) is 0. The molecular formula is C21H26O5S. The van der Waals surface area contributed by atoms with Crippen LogP contribution in [-0.4, -0.2) is 42.8 Å². The van der Waals surface area contributed by atoms with Crippen LogP contribution in [0.25, 0.3) is 0 Å². The third kappa shape index (κ3) is 6.14. The number of benzene rings is 2. The van der Waals surface area contributed by atoms with Gasteiger partial charge in [-0.3, -0.25) is 0 Å². The van der Waals surface area contributed by atoms with Crippen molar-refractivity contribution in [1.82, 2.24) is 0 Å². The summed E-state index contributed by atoms with van der Waals surface area (Å²) >= 11 is 1.59. The predicted molar refractivity (Wildman–Crippen MR) is 105 cm³/mol. The Balaban J connectivity index is 1.40. The number of hydrogen-bond donors (Lipinski definition) is 1. The maximum absolute atomic E-state index is 10.2. The van der Waals surface area contributed by atoms with Gasteiger partial charge in [-0.05, 0) is 56.7 Å². The quantitative estimate of drug-likeness (QED) is 0.655. The largest absolute Gasteiger partial charge is 0.491 e. The summed E-state index contributed by atoms with van der Waals surface area (Å²) in [6, 6.07) is 13.8. The van der Waals surface area contributed by atoms with E-state index in [-0.39, 0.29) is 19.2 Å². The molecule has 2 aromatic carbocycles. The summed E-state index contributed by atoms with van der Waals surface area (Å²) in [4.78, 5) is 1.08. The minimum atomic E-state index is -0.539. The molecule has 1 N–H and O–H groups in total. The SMILES string of the molecule is Cc1ccc(OCC(O)CSc2ccc(OCC3OC(C)O3)c(C)c2)cc1. The van der Waals surface area contributed by atoms with Crippen molar-refractivity contribution in [3.8, 4) is 11.5 Å². The first-order valence-corrected chi connectivity index (χ1v) is 10.0. The lowest BCUT2D eigenvalue weighted by Crippen LogP contribution is -2.42. The molecule has 0 bridgehead atoms. The number of aliphatic hydroxyl groups excluding tert-OH is 1. The first-order chi connectivity index (χ1) is 13.0. The molecule has 1 atom stereocenters. The van der Waals surface area contributed by atoms with Gasteiger partial charge in [0.25, 0.3) is 0 Å². The number of ether oxygens (including phenoxy) is 4. The van der Waals surface area contributed by atoms with Gasteiger partial charge in [0.1, 0.15) is 24.7 Å². The lowest BCUT2D eigenvalue weighted by Gasteiger charge is -2.33. The molecule has 1 aliphatic heterocycles. The van der Waals surface area contributed by atoms with Gasteiger partial charge in [0, 0.05) is 10.6 Å². The number of hydrogen-bond acceptors (Lipinski definition) is 6. The average molecular weight is 391 g/mol. The molecule has 0 saturated carbocycles. The normalized spacial score (nSPS) is 20.0. The fourth-order valence-corrected chi connectivity index (χ4v) is 3.52. The van der Waals surface area contributed by atoms with E-state index in [0.717, 1.165) is 22.0 Å². The fraction of sp³-hybridized carbons (Fsp3) is 0.429. The van der Waals surface area contributed by atoms with Crippen LogP contribution in [-0.2, 0) is 9.47 Å². The maximum atomic E-state index is 10.2. The van der Waals surface area contributed by atoms with E-state index >= 15 is 0 Å². The third-order valence-corrected chi connectivity index (χ3v) is 5.25. The molecule has 0 spiro atoms. The van der Waals surface area contributed by atoms with E-state index in [1.165, 1.54) is 5.56 Å². The highest BCUT2D eigenvalue weighted by Crippen LogP contribution is 2.27. The van der Waals surface area contributed by atoms with Crippen molar-refractivity contribution in [2.45, 2.75) is 44.4 Å². The Hall–Kier alpha value is -1.73. The first-order valence-electron chi connectivity index (χ1n) is 9.04. The summed E-state index contributed by atoms with van der Waals surface area (Å²) in [6.45, 7) is 6.54. The topological polar surface area (TPSA) is 57.2 Å². The third-order valence-electron chi connectivity index (χ3n) is 4.11. The van der Waals surface area contributed by atoms with Crippen molar-refractivity contribution < 1.29 is 24.1 Å². The van der Waals surface area contributed by atoms with Crippen LogP contribution in [0.3, 0.4) is 0 Å². The standard InChI is InChI=1S/C21H26O5S/c1-14-4-6-18(7-5-14)23-11-17(22)13-27-19-8-9-20(15(2)10-19)24-12-21-25-16(3)26-21/h4-10,16-17,21-22H,11-13H2,1-3H3. The van der Waals surface area contributed by atoms with Crippen LogP contribution in [0.1, 0.15) is 18.1 Å². The van der Waals surface area contributed by atoms with Gasteiger partial charge in [0.05, 0.1) is 6.10 Å². The molecule has 146 valence electrons. The summed E-state index contributed by atoms with van der Waals surface area (Å²) in [5.74, 6) is 2.15. The van der Waals surface area contributed by atoms with Crippen LogP contribution in [0.5, 0.6) is 11.5 Å². The Labute approximate surface area is 164 Å². The molecule has 1 aliphatic rings. The zero-order valence-electron chi connectivity index (χ0n) is 15.9. The van der Waals surface area contributed by atoms with Crippen molar-refractivity contribution >= 4 is 11.8 Å². The van der Waals surface area contributed by atoms with Crippen molar-refractivity contribution in [3.63, 3.8) is 0 Å². The van der Waals surface area contributed by atoms with E-state index in [1.54, 1.807) is 11.8 Å². The van der Waals surface area contributed by atoms with Gasteiger partial charge >= 0.3 is 0 Å². The molecule has 1 saturated heterocycles. The summed E-state index contributed by atoms with van der Waals surface area (Å²) in [6.07, 6.45) is -0.959. The lowest BCUT2D eigenvalue weighted by molar-refractivity contribution is -0.380. The van der Waals surface area contributed by atoms with E-state index < -0.39 is 6.10 Å². The van der Waals surface area contributed by atoms with Gasteiger partial charge in [-0.2, -0.15) is 0 Å². The van der Waals surface area contributed by atoms with Gasteiger partial charge in [-0.15, -0.1) is 11.8 Å². The van der Waals surface area contributed by atoms with Crippen molar-refractivity contribution in [3.05, 3.63) is 53.6 Å². The molecule has 0 aromatic heterocycles. The van der Waals surface area contributed by atoms with Crippen LogP contribution in [0.2, 0.25) is 0 Å². The molecule has 6 heteroatoms. The first kappa shape index (κ1) is 20.0. The van der Waals surface area contributed by atoms with E-state index in [9.17, 15) is 5.11 Å². The fourth-order valence-electron chi connectivity index (χ4n) is 2.62. The Bertz CT molecular complexity index is 728. The van der Waals surface area contributed by atoms with Gasteiger partial charge in [-0.1, -0.05) is 17.7 Å². The van der Waals surface area contributed by atoms with Crippen LogP contribution >= 0.6 is 11.8 Å². The molecule has 2 aromatic rings. The molecule has 1 unspecified atom stereocenters. The summed E-state index contributed by atoms with van der Waals surface area (Å²) < 4.78 is 22.1. The Kier molecular flexibility index (Phi) is 7.01. The van der Waals surface area contributed by atoms with Crippen LogP contribution in [0, 0.1) is 13.8 Å². The van der Waals surface area contributed by atoms with Gasteiger partial charge in [0.15, 0.2) is 12.6 Å². The van der Waals surface area contributed by atoms with E-state index in [2.05, 4.69) is 6.07 Å². The van der Waals surface area contributed by atoms with Gasteiger partial charge in [0.2, 0.25) is 0 Å². The molecule has 27 heavy (non-hydrogen) atoms. The zero-order valence-corrected chi connectivity index (χ0v) is 16.7. The number of aryl methyl sites for hydroxylation is 2. The van der Waals surface area contributed by atoms with E-state index in [0.29, 0.717) is 12.4 Å². The predicted octanol–water partition coefficient (Wildman–Crippen LogP) is 3.93. The molecule has 0 amide bonds. The molecule has 1 fully saturated rings. The summed E-state index contributed by atoms with van der Waals surface area (Å²) in [5, 5.41) is 10.2. The number of rotatable bonds is 9. The summed E-state index contributed by atoms with van der Waals surface area (Å²) in [5.41, 5.74) is 2.22. The molecule has 1 heterocycles. The second kappa shape index (κ2) is 9.46. The highest BCUT2D eigenvalue weighted by atomic mass is 32.2. The van der Waals surface area contributed by atoms with E-state index in [1.807, 2.05) is 57.2 Å². The van der Waals surface area contributed by atoms with Crippen LogP contribution in [0.4, 0.5) is 0 Å². The Morgan fingerprint density at radius 2 is 1.81 bits per heavy atom. The molecule has 5 nitrogen and oxygen atoms in total. The zero-order chi connectivity index (χ0) is 19.2. The lowest BCUT2D eigenvalue weighted by atomic mass is 10.2. The molecule has 0 aliphatic carbocycles. The second-order valence-electron chi connectivity index (χ2n) is 6.60. The van der Waals surface area contributed by atoms with Crippen LogP contribution < -0.4 is 9.47 Å². The van der Waals surface area contributed by atoms with Gasteiger partial charge < -0.3 is 24.1 Å². The van der Waals surface area contributed by atoms with Gasteiger partial charge in [-0.25, -0.2) is 0 Å². The Morgan fingerprint density at radius 3 is 2.48 bits per heavy atom. The van der Waals surface area contributed by atoms with Crippen molar-refractivity contribution in [1.29, 1.82) is 0 Å². The maximum Gasteiger partial charge on any atom is 0.197 e. The van der Waals surface area contributed by atoms with Crippen molar-refractivity contribution in [2.75, 3.05) is 19.0 Å². The molecule has 0 radical (unpaired) electrons. The van der Waals surface area contributed by atoms with Crippen LogP contribution in [0.15, 0.2) is 47.4 Å². The number of aliphatic hydroxyl groups is 1. The minimum Gasteiger partial charge on any atom is -0.491 e. The monoisotopic (exact) mass is 390 g/mol. The van der Waals surface area contributed by atoms with E-state index in [4.69, 9.17) is 18.9 Å². The van der Waals surface area contributed by atoms with Crippen molar-refractivity contribution in [2.24, 2.45) is 0 Å². The smallest absolute Gasteiger partial charge is 0.197 e. The molecule has 3 rings (SSSR count). The second-order valence-corrected chi connectivity index (χ2v) is 7.69. The highest BCUT2D eigenvalue weighted by molar-refractivity contribution is 7.99. The Morgan fingerprint density at radius 1 is 1.07 bits per heavy atom. The molecular weight excluding hydrogens is 364 g/mol. The highest BCUT2D eigenvalue weighted by Gasteiger charge is 2.27. The number of thioether (sulfide) groups is 1. The average Bonchev–Trinajstić information content (AvgIpc) is 2.63.